The molecule has 7 heteroatoms. The molecule has 1 atom stereocenters. The number of likely N-dealkylation sites (tertiary alicyclic amines) is 1. The second-order valence-electron chi connectivity index (χ2n) is 7.04. The second-order valence-corrected chi connectivity index (χ2v) is 7.04. The Morgan fingerprint density at radius 2 is 1.92 bits per heavy atom. The first-order chi connectivity index (χ1) is 12.1. The van der Waals surface area contributed by atoms with Gasteiger partial charge in [0.1, 0.15) is 0 Å². The average molecular weight is 340 g/mol. The predicted molar refractivity (Wildman–Crippen MR) is 88.9 cm³/mol. The number of piperidine rings is 1. The summed E-state index contributed by atoms with van der Waals surface area (Å²) in [6.07, 6.45) is 3.94. The quantitative estimate of drug-likeness (QED) is 0.914. The van der Waals surface area contributed by atoms with Gasteiger partial charge in [-0.05, 0) is 30.2 Å². The first kappa shape index (κ1) is 15.8. The van der Waals surface area contributed by atoms with E-state index in [1.165, 1.54) is 0 Å². The van der Waals surface area contributed by atoms with E-state index in [2.05, 4.69) is 10.3 Å². The predicted octanol–water partition coefficient (Wildman–Crippen LogP) is 1.65. The molecule has 2 heterocycles. The number of carbonyl (C=O) groups excluding carboxylic acids is 1. The molecule has 1 N–H and O–H groups in total. The second kappa shape index (κ2) is 5.98. The molecule has 0 radical (unpaired) electrons. The number of carboxylic acid groups (broad SMARTS) is 1. The molecule has 1 saturated heterocycles. The third-order valence-electron chi connectivity index (χ3n) is 5.48. The van der Waals surface area contributed by atoms with Crippen molar-refractivity contribution < 1.29 is 14.7 Å². The van der Waals surface area contributed by atoms with Crippen molar-refractivity contribution in [2.45, 2.75) is 25.8 Å². The molecule has 1 saturated carbocycles. The van der Waals surface area contributed by atoms with Crippen LogP contribution in [-0.2, 0) is 11.3 Å². The number of carbonyl (C=O) groups is 2. The molecule has 130 valence electrons. The summed E-state index contributed by atoms with van der Waals surface area (Å²) in [6, 6.07) is 9.88. The molecule has 25 heavy (non-hydrogen) atoms. The number of hydrogen-bond donors (Lipinski definition) is 1. The summed E-state index contributed by atoms with van der Waals surface area (Å²) in [5, 5.41) is 17.2. The lowest BCUT2D eigenvalue weighted by atomic mass is 9.90. The molecule has 7 nitrogen and oxygen atoms in total. The van der Waals surface area contributed by atoms with Crippen LogP contribution in [0.5, 0.6) is 0 Å². The Labute approximate surface area is 145 Å². The Balaban J connectivity index is 1.37. The molecule has 1 aliphatic carbocycles. The minimum Gasteiger partial charge on any atom is -0.481 e. The van der Waals surface area contributed by atoms with Crippen LogP contribution in [0, 0.1) is 11.3 Å². The van der Waals surface area contributed by atoms with E-state index >= 15 is 0 Å². The fraction of sp³-hybridized carbons (Fsp3) is 0.444. The van der Waals surface area contributed by atoms with E-state index in [9.17, 15) is 9.59 Å². The standard InChI is InChI=1S/C18H20N4O3/c23-16(21-8-6-18(7-9-21)10-14(18)17(24)25)15-12-22(20-19-15)11-13-4-2-1-3-5-13/h1-5,12,14H,6-11H2,(H,24,25). The number of nitrogens with zero attached hydrogens (tertiary/aromatic N) is 4. The van der Waals surface area contributed by atoms with Crippen LogP contribution in [0.3, 0.4) is 0 Å². The highest BCUT2D eigenvalue weighted by atomic mass is 16.4. The summed E-state index contributed by atoms with van der Waals surface area (Å²) in [5.74, 6) is -1.05. The first-order valence-corrected chi connectivity index (χ1v) is 8.54. The van der Waals surface area contributed by atoms with Crippen LogP contribution >= 0.6 is 0 Å². The summed E-state index contributed by atoms with van der Waals surface area (Å²) in [4.78, 5) is 25.5. The highest BCUT2D eigenvalue weighted by molar-refractivity contribution is 5.92. The van der Waals surface area contributed by atoms with Gasteiger partial charge in [-0.2, -0.15) is 0 Å². The molecule has 0 bridgehead atoms. The molecule has 2 aromatic rings. The van der Waals surface area contributed by atoms with Gasteiger partial charge in [-0.25, -0.2) is 4.68 Å². The summed E-state index contributed by atoms with van der Waals surface area (Å²) >= 11 is 0. The van der Waals surface area contributed by atoms with E-state index in [1.54, 1.807) is 15.8 Å². The summed E-state index contributed by atoms with van der Waals surface area (Å²) in [6.45, 7) is 1.76. The number of hydrogen-bond acceptors (Lipinski definition) is 4. The van der Waals surface area contributed by atoms with Crippen molar-refractivity contribution in [3.63, 3.8) is 0 Å². The van der Waals surface area contributed by atoms with E-state index in [0.29, 0.717) is 25.3 Å². The number of amides is 1. The Kier molecular flexibility index (Phi) is 3.78. The normalized spacial score (nSPS) is 21.3. The fourth-order valence-electron chi connectivity index (χ4n) is 3.81. The van der Waals surface area contributed by atoms with Crippen molar-refractivity contribution in [2.24, 2.45) is 11.3 Å². The molecule has 1 amide bonds. The van der Waals surface area contributed by atoms with E-state index in [1.807, 2.05) is 30.3 Å². The number of aliphatic carboxylic acids is 1. The van der Waals surface area contributed by atoms with Crippen molar-refractivity contribution >= 4 is 11.9 Å². The zero-order chi connectivity index (χ0) is 17.4. The van der Waals surface area contributed by atoms with E-state index < -0.39 is 5.97 Å². The van der Waals surface area contributed by atoms with Gasteiger partial charge >= 0.3 is 5.97 Å². The Morgan fingerprint density at radius 3 is 2.56 bits per heavy atom. The van der Waals surface area contributed by atoms with Crippen LogP contribution in [0.25, 0.3) is 0 Å². The van der Waals surface area contributed by atoms with E-state index in [4.69, 9.17) is 5.11 Å². The van der Waals surface area contributed by atoms with Crippen LogP contribution in [0.4, 0.5) is 0 Å². The number of rotatable bonds is 4. The lowest BCUT2D eigenvalue weighted by Gasteiger charge is -2.32. The zero-order valence-electron chi connectivity index (χ0n) is 13.8. The molecule has 1 unspecified atom stereocenters. The SMILES string of the molecule is O=C(O)C1CC12CCN(C(=O)c1cn(Cc3ccccc3)nn1)CC2. The summed E-state index contributed by atoms with van der Waals surface area (Å²) < 4.78 is 1.66. The molecule has 1 aromatic carbocycles. The van der Waals surface area contributed by atoms with Crippen LogP contribution in [0.15, 0.2) is 36.5 Å². The molecule has 1 aromatic heterocycles. The molecule has 4 rings (SSSR count). The van der Waals surface area contributed by atoms with Gasteiger partial charge in [-0.3, -0.25) is 9.59 Å². The van der Waals surface area contributed by atoms with Crippen molar-refractivity contribution in [1.82, 2.24) is 19.9 Å². The van der Waals surface area contributed by atoms with Crippen molar-refractivity contribution in [2.75, 3.05) is 13.1 Å². The van der Waals surface area contributed by atoms with Gasteiger partial charge in [-0.15, -0.1) is 5.10 Å². The van der Waals surface area contributed by atoms with Gasteiger partial charge in [-0.1, -0.05) is 35.5 Å². The molecular formula is C18H20N4O3. The molecule has 2 fully saturated rings. The largest absolute Gasteiger partial charge is 0.481 e. The number of benzene rings is 1. The van der Waals surface area contributed by atoms with Crippen LogP contribution < -0.4 is 0 Å². The third kappa shape index (κ3) is 3.01. The Morgan fingerprint density at radius 1 is 1.20 bits per heavy atom. The Bertz CT molecular complexity index is 794. The highest BCUT2D eigenvalue weighted by Crippen LogP contribution is 2.59. The number of aromatic nitrogens is 3. The lowest BCUT2D eigenvalue weighted by Crippen LogP contribution is -2.40. The van der Waals surface area contributed by atoms with E-state index in [-0.39, 0.29) is 17.2 Å². The van der Waals surface area contributed by atoms with Crippen molar-refractivity contribution in [3.05, 3.63) is 47.8 Å². The minimum atomic E-state index is -0.705. The van der Waals surface area contributed by atoms with Gasteiger partial charge in [0.2, 0.25) is 0 Å². The summed E-state index contributed by atoms with van der Waals surface area (Å²) in [5.41, 5.74) is 1.37. The maximum absolute atomic E-state index is 12.6. The zero-order valence-corrected chi connectivity index (χ0v) is 13.8. The van der Waals surface area contributed by atoms with Gasteiger partial charge < -0.3 is 10.0 Å². The van der Waals surface area contributed by atoms with Crippen LogP contribution in [-0.4, -0.2) is 50.0 Å². The first-order valence-electron chi connectivity index (χ1n) is 8.54. The van der Waals surface area contributed by atoms with Crippen LogP contribution in [0.2, 0.25) is 0 Å². The summed E-state index contributed by atoms with van der Waals surface area (Å²) in [7, 11) is 0. The lowest BCUT2D eigenvalue weighted by molar-refractivity contribution is -0.139. The third-order valence-corrected chi connectivity index (χ3v) is 5.48. The minimum absolute atomic E-state index is 0.0759. The van der Waals surface area contributed by atoms with Crippen molar-refractivity contribution in [1.29, 1.82) is 0 Å². The topological polar surface area (TPSA) is 88.3 Å². The maximum Gasteiger partial charge on any atom is 0.307 e. The van der Waals surface area contributed by atoms with E-state index in [0.717, 1.165) is 24.8 Å². The molecular weight excluding hydrogens is 320 g/mol. The maximum atomic E-state index is 12.6. The van der Waals surface area contributed by atoms with Gasteiger partial charge in [0, 0.05) is 13.1 Å². The average Bonchev–Trinajstić information content (AvgIpc) is 3.12. The van der Waals surface area contributed by atoms with Crippen LogP contribution in [0.1, 0.15) is 35.3 Å². The molecule has 1 aliphatic heterocycles. The van der Waals surface area contributed by atoms with Gasteiger partial charge in [0.15, 0.2) is 5.69 Å². The smallest absolute Gasteiger partial charge is 0.307 e. The van der Waals surface area contributed by atoms with Crippen molar-refractivity contribution in [3.8, 4) is 0 Å². The number of carboxylic acids is 1. The highest BCUT2D eigenvalue weighted by Gasteiger charge is 2.59. The monoisotopic (exact) mass is 340 g/mol. The fourth-order valence-corrected chi connectivity index (χ4v) is 3.81. The van der Waals surface area contributed by atoms with Gasteiger partial charge in [0.05, 0.1) is 18.7 Å². The molecule has 2 aliphatic rings. The molecule has 1 spiro atoms. The Hall–Kier alpha value is -2.70. The van der Waals surface area contributed by atoms with Gasteiger partial charge in [0.25, 0.3) is 5.91 Å².